The van der Waals surface area contributed by atoms with Gasteiger partial charge in [0.1, 0.15) is 0 Å². The summed E-state index contributed by atoms with van der Waals surface area (Å²) in [5, 5.41) is 8.60. The third kappa shape index (κ3) is 4.46. The van der Waals surface area contributed by atoms with Crippen LogP contribution in [0, 0.1) is 0 Å². The maximum Gasteiger partial charge on any atom is 0.0794 e. The summed E-state index contributed by atoms with van der Waals surface area (Å²) in [6.45, 7) is 0. The van der Waals surface area contributed by atoms with Crippen LogP contribution in [-0.4, -0.2) is 9.55 Å². The second-order valence-corrected chi connectivity index (χ2v) is 12.8. The molecule has 0 N–H and O–H groups in total. The van der Waals surface area contributed by atoms with Gasteiger partial charge in [0.25, 0.3) is 0 Å². The summed E-state index contributed by atoms with van der Waals surface area (Å²) < 4.78 is 2.39. The van der Waals surface area contributed by atoms with Crippen LogP contribution in [0.4, 0.5) is 0 Å². The summed E-state index contributed by atoms with van der Waals surface area (Å²) in [5.41, 5.74) is 11.5. The molecule has 228 valence electrons. The molecule has 0 spiro atoms. The van der Waals surface area contributed by atoms with Gasteiger partial charge in [0.05, 0.1) is 22.2 Å². The third-order valence-corrected chi connectivity index (χ3v) is 9.99. The van der Waals surface area contributed by atoms with E-state index in [0.717, 1.165) is 22.5 Å². The van der Waals surface area contributed by atoms with Crippen molar-refractivity contribution in [2.24, 2.45) is 0 Å². The van der Waals surface area contributed by atoms with E-state index in [1.807, 2.05) is 0 Å². The predicted molar refractivity (Wildman–Crippen MR) is 207 cm³/mol. The lowest BCUT2D eigenvalue weighted by atomic mass is 9.96. The summed E-state index contributed by atoms with van der Waals surface area (Å²) >= 11 is 0. The normalized spacial score (nSPS) is 11.7. The molecule has 10 rings (SSSR count). The molecule has 0 saturated heterocycles. The zero-order chi connectivity index (χ0) is 32.3. The second-order valence-electron chi connectivity index (χ2n) is 12.8. The van der Waals surface area contributed by atoms with Gasteiger partial charge in [-0.15, -0.1) is 0 Å². The highest BCUT2D eigenvalue weighted by atomic mass is 15.0. The predicted octanol–water partition coefficient (Wildman–Crippen LogP) is 12.6. The summed E-state index contributed by atoms with van der Waals surface area (Å²) in [6.07, 6.45) is 0. The van der Waals surface area contributed by atoms with E-state index in [-0.39, 0.29) is 0 Å². The molecule has 0 radical (unpaired) electrons. The van der Waals surface area contributed by atoms with Crippen molar-refractivity contribution in [3.8, 4) is 39.2 Å². The van der Waals surface area contributed by atoms with Crippen LogP contribution in [0.5, 0.6) is 0 Å². The molecule has 0 bridgehead atoms. The number of aromatic nitrogens is 2. The minimum atomic E-state index is 0.974. The number of nitrogens with zero attached hydrogens (tertiary/aromatic N) is 2. The first-order valence-corrected chi connectivity index (χ1v) is 16.8. The molecule has 0 unspecified atom stereocenters. The smallest absolute Gasteiger partial charge is 0.0794 e. The minimum absolute atomic E-state index is 0.974. The molecule has 8 aromatic carbocycles. The average molecular weight is 623 g/mol. The molecule has 2 nitrogen and oxygen atoms in total. The van der Waals surface area contributed by atoms with Crippen molar-refractivity contribution in [1.82, 2.24) is 9.55 Å². The lowest BCUT2D eigenvalue weighted by Gasteiger charge is -2.12. The van der Waals surface area contributed by atoms with Crippen molar-refractivity contribution >= 4 is 54.3 Å². The molecule has 2 heterocycles. The first-order valence-electron chi connectivity index (χ1n) is 16.8. The molecule has 49 heavy (non-hydrogen) atoms. The van der Waals surface area contributed by atoms with Gasteiger partial charge in [-0.2, -0.15) is 0 Å². The maximum atomic E-state index is 5.29. The van der Waals surface area contributed by atoms with Crippen LogP contribution in [0.15, 0.2) is 182 Å². The lowest BCUT2D eigenvalue weighted by molar-refractivity contribution is 1.18. The number of hydrogen-bond donors (Lipinski definition) is 0. The van der Waals surface area contributed by atoms with Crippen LogP contribution < -0.4 is 0 Å². The molecule has 0 fully saturated rings. The van der Waals surface area contributed by atoms with Gasteiger partial charge in [-0.05, 0) is 86.9 Å². The quantitative estimate of drug-likeness (QED) is 0.179. The monoisotopic (exact) mass is 622 g/mol. The highest BCUT2D eigenvalue weighted by Crippen LogP contribution is 2.38. The second kappa shape index (κ2) is 11.0. The van der Waals surface area contributed by atoms with Crippen molar-refractivity contribution in [2.75, 3.05) is 0 Å². The van der Waals surface area contributed by atoms with E-state index < -0.39 is 0 Å². The number of rotatable bonds is 4. The molecular formula is C47H30N2. The first-order chi connectivity index (χ1) is 24.3. The van der Waals surface area contributed by atoms with E-state index in [1.165, 1.54) is 71.0 Å². The van der Waals surface area contributed by atoms with Gasteiger partial charge in [0.15, 0.2) is 0 Å². The number of fused-ring (bicyclic) bond motifs is 9. The van der Waals surface area contributed by atoms with Crippen LogP contribution in [0.3, 0.4) is 0 Å². The molecule has 0 aliphatic rings. The van der Waals surface area contributed by atoms with Crippen LogP contribution >= 0.6 is 0 Å². The SMILES string of the molecule is c1ccc(-c2ccc3c(c2)c2cc(-c4ccccc4)ccc2n3-c2ccc(-c3ccc4c5ccccc5c5ccccc5c4n3)cc2)cc1. The van der Waals surface area contributed by atoms with E-state index in [0.29, 0.717) is 0 Å². The fraction of sp³-hybridized carbons (Fsp3) is 0. The van der Waals surface area contributed by atoms with Crippen LogP contribution in [0.2, 0.25) is 0 Å². The molecule has 2 aromatic heterocycles. The first kappa shape index (κ1) is 27.6. The van der Waals surface area contributed by atoms with E-state index in [2.05, 4.69) is 187 Å². The number of hydrogen-bond acceptors (Lipinski definition) is 1. The fourth-order valence-electron chi connectivity index (χ4n) is 7.62. The van der Waals surface area contributed by atoms with Crippen molar-refractivity contribution in [1.29, 1.82) is 0 Å². The molecule has 0 amide bonds. The summed E-state index contributed by atoms with van der Waals surface area (Å²) in [6, 6.07) is 65.6. The van der Waals surface area contributed by atoms with Crippen molar-refractivity contribution < 1.29 is 0 Å². The topological polar surface area (TPSA) is 17.8 Å². The Hall–Kier alpha value is -6.51. The van der Waals surface area contributed by atoms with Crippen LogP contribution in [-0.2, 0) is 0 Å². The minimum Gasteiger partial charge on any atom is -0.309 e. The van der Waals surface area contributed by atoms with E-state index in [9.17, 15) is 0 Å². The van der Waals surface area contributed by atoms with Gasteiger partial charge in [0.2, 0.25) is 0 Å². The van der Waals surface area contributed by atoms with E-state index >= 15 is 0 Å². The van der Waals surface area contributed by atoms with Gasteiger partial charge in [-0.3, -0.25) is 0 Å². The average Bonchev–Trinajstić information content (AvgIpc) is 3.51. The Kier molecular flexibility index (Phi) is 6.22. The maximum absolute atomic E-state index is 5.29. The third-order valence-electron chi connectivity index (χ3n) is 9.99. The Balaban J connectivity index is 1.13. The van der Waals surface area contributed by atoms with Gasteiger partial charge >= 0.3 is 0 Å². The van der Waals surface area contributed by atoms with Gasteiger partial charge in [-0.25, -0.2) is 4.98 Å². The summed E-state index contributed by atoms with van der Waals surface area (Å²) in [5.74, 6) is 0. The fourth-order valence-corrected chi connectivity index (χ4v) is 7.62. The Bertz CT molecular complexity index is 2720. The van der Waals surface area contributed by atoms with E-state index in [4.69, 9.17) is 4.98 Å². The zero-order valence-electron chi connectivity index (χ0n) is 26.7. The molecule has 0 aliphatic heterocycles. The zero-order valence-corrected chi connectivity index (χ0v) is 26.7. The highest BCUT2D eigenvalue weighted by Gasteiger charge is 2.16. The number of benzene rings is 8. The van der Waals surface area contributed by atoms with Gasteiger partial charge in [0, 0.05) is 32.8 Å². The Morgan fingerprint density at radius 2 is 0.755 bits per heavy atom. The summed E-state index contributed by atoms with van der Waals surface area (Å²) in [4.78, 5) is 5.29. The summed E-state index contributed by atoms with van der Waals surface area (Å²) in [7, 11) is 0. The lowest BCUT2D eigenvalue weighted by Crippen LogP contribution is -1.94. The molecule has 2 heteroatoms. The Morgan fingerprint density at radius 1 is 0.306 bits per heavy atom. The largest absolute Gasteiger partial charge is 0.309 e. The van der Waals surface area contributed by atoms with Crippen LogP contribution in [0.25, 0.3) is 93.5 Å². The Labute approximate surface area is 284 Å². The number of pyridine rings is 1. The molecule has 0 aliphatic carbocycles. The van der Waals surface area contributed by atoms with Crippen molar-refractivity contribution in [3.63, 3.8) is 0 Å². The standard InChI is InChI=1S/C47H30N2/c1-3-11-31(12-4-1)34-21-27-45-42(29-34)43-30-35(32-13-5-2-6-14-32)22-28-46(43)49(45)36-23-19-33(20-24-36)44-26-25-41-39-17-8-7-15-37(39)38-16-9-10-18-40(38)47(41)48-44/h1-30H. The van der Waals surface area contributed by atoms with Crippen molar-refractivity contribution in [2.45, 2.75) is 0 Å². The molecule has 0 atom stereocenters. The Morgan fingerprint density at radius 3 is 1.31 bits per heavy atom. The highest BCUT2D eigenvalue weighted by molar-refractivity contribution is 6.24. The van der Waals surface area contributed by atoms with Gasteiger partial charge < -0.3 is 4.57 Å². The van der Waals surface area contributed by atoms with E-state index in [1.54, 1.807) is 0 Å². The van der Waals surface area contributed by atoms with Crippen LogP contribution in [0.1, 0.15) is 0 Å². The molecule has 0 saturated carbocycles. The molecule has 10 aromatic rings. The molecular weight excluding hydrogens is 593 g/mol. The van der Waals surface area contributed by atoms with Gasteiger partial charge in [-0.1, -0.05) is 133 Å². The van der Waals surface area contributed by atoms with Crippen molar-refractivity contribution in [3.05, 3.63) is 182 Å².